The molecule has 0 heterocycles. The van der Waals surface area contributed by atoms with Crippen LogP contribution in [0, 0.1) is 0 Å². The fourth-order valence-electron chi connectivity index (χ4n) is 2.03. The van der Waals surface area contributed by atoms with E-state index in [9.17, 15) is 0 Å². The number of rotatable bonds is 8. The Morgan fingerprint density at radius 3 is 2.79 bits per heavy atom. The maximum Gasteiger partial charge on any atom is 0.0663 e. The predicted octanol–water partition coefficient (Wildman–Crippen LogP) is 3.31. The average molecular weight is 285 g/mol. The molecule has 3 nitrogen and oxygen atoms in total. The van der Waals surface area contributed by atoms with E-state index in [2.05, 4.69) is 37.2 Å². The van der Waals surface area contributed by atoms with E-state index in [1.54, 1.807) is 7.11 Å². The molecular formula is C15H25ClN2O. The lowest BCUT2D eigenvalue weighted by molar-refractivity contribution is 0.183. The highest BCUT2D eigenvalue weighted by Gasteiger charge is 2.15. The van der Waals surface area contributed by atoms with E-state index < -0.39 is 0 Å². The molecule has 19 heavy (non-hydrogen) atoms. The molecular weight excluding hydrogens is 260 g/mol. The Kier molecular flexibility index (Phi) is 7.21. The second-order valence-electron chi connectivity index (χ2n) is 4.83. The maximum absolute atomic E-state index is 6.34. The number of anilines is 1. The summed E-state index contributed by atoms with van der Waals surface area (Å²) in [5.74, 6) is 0. The van der Waals surface area contributed by atoms with Gasteiger partial charge in [-0.15, -0.1) is 0 Å². The largest absolute Gasteiger partial charge is 0.383 e. The maximum atomic E-state index is 6.34. The summed E-state index contributed by atoms with van der Waals surface area (Å²) >= 11 is 6.34. The number of methoxy groups -OCH3 is 1. The number of nitrogens with zero attached hydrogens (tertiary/aromatic N) is 1. The summed E-state index contributed by atoms with van der Waals surface area (Å²) in [6.45, 7) is 6.81. The van der Waals surface area contributed by atoms with Crippen LogP contribution in [0.25, 0.3) is 0 Å². The lowest BCUT2D eigenvalue weighted by Gasteiger charge is -2.29. The Bertz CT molecular complexity index is 384. The second-order valence-corrected chi connectivity index (χ2v) is 5.24. The summed E-state index contributed by atoms with van der Waals surface area (Å²) in [5, 5.41) is 4.23. The van der Waals surface area contributed by atoms with Crippen LogP contribution in [-0.2, 0) is 11.3 Å². The predicted molar refractivity (Wildman–Crippen MR) is 83.2 cm³/mol. The lowest BCUT2D eigenvalue weighted by atomic mass is 10.1. The highest BCUT2D eigenvalue weighted by molar-refractivity contribution is 6.31. The number of nitrogens with one attached hydrogen (secondary N) is 1. The van der Waals surface area contributed by atoms with Gasteiger partial charge in [-0.25, -0.2) is 0 Å². The summed E-state index contributed by atoms with van der Waals surface area (Å²) in [7, 11) is 3.81. The molecule has 0 aliphatic rings. The molecule has 0 radical (unpaired) electrons. The minimum atomic E-state index is 0.313. The van der Waals surface area contributed by atoms with Crippen LogP contribution in [0.15, 0.2) is 18.2 Å². The zero-order valence-corrected chi connectivity index (χ0v) is 13.1. The van der Waals surface area contributed by atoms with Crippen LogP contribution < -0.4 is 10.2 Å². The molecule has 1 aromatic rings. The number of likely N-dealkylation sites (N-methyl/N-ethyl adjacent to an activating group) is 1. The van der Waals surface area contributed by atoms with Gasteiger partial charge in [0.2, 0.25) is 0 Å². The summed E-state index contributed by atoms with van der Waals surface area (Å²) < 4.78 is 5.22. The number of hydrogen-bond donors (Lipinski definition) is 1. The Labute approximate surface area is 121 Å². The Balaban J connectivity index is 2.89. The molecule has 0 amide bonds. The van der Waals surface area contributed by atoms with Crippen molar-refractivity contribution < 1.29 is 4.74 Å². The zero-order chi connectivity index (χ0) is 14.3. The van der Waals surface area contributed by atoms with Crippen molar-refractivity contribution in [2.75, 3.05) is 32.2 Å². The first-order valence-electron chi connectivity index (χ1n) is 6.81. The van der Waals surface area contributed by atoms with Crippen LogP contribution in [0.2, 0.25) is 5.02 Å². The number of halogens is 1. The molecule has 0 saturated carbocycles. The van der Waals surface area contributed by atoms with Gasteiger partial charge in [0.05, 0.1) is 6.61 Å². The first-order valence-corrected chi connectivity index (χ1v) is 7.19. The number of hydrogen-bond acceptors (Lipinski definition) is 3. The normalized spacial score (nSPS) is 12.5. The third-order valence-electron chi connectivity index (χ3n) is 3.27. The molecule has 0 fully saturated rings. The van der Waals surface area contributed by atoms with Gasteiger partial charge >= 0.3 is 0 Å². The molecule has 0 aliphatic heterocycles. The van der Waals surface area contributed by atoms with E-state index in [-0.39, 0.29) is 0 Å². The van der Waals surface area contributed by atoms with Gasteiger partial charge in [0, 0.05) is 43.0 Å². The summed E-state index contributed by atoms with van der Waals surface area (Å²) in [6.07, 6.45) is 1.12. The van der Waals surface area contributed by atoms with Gasteiger partial charge in [0.25, 0.3) is 0 Å². The Morgan fingerprint density at radius 1 is 1.42 bits per heavy atom. The molecule has 0 saturated heterocycles. The van der Waals surface area contributed by atoms with Gasteiger partial charge in [-0.05, 0) is 32.0 Å². The fraction of sp³-hybridized carbons (Fsp3) is 0.600. The number of benzene rings is 1. The highest BCUT2D eigenvalue weighted by atomic mass is 35.5. The van der Waals surface area contributed by atoms with Gasteiger partial charge in [0.1, 0.15) is 0 Å². The molecule has 1 rings (SSSR count). The van der Waals surface area contributed by atoms with E-state index in [1.165, 1.54) is 5.69 Å². The zero-order valence-electron chi connectivity index (χ0n) is 12.4. The van der Waals surface area contributed by atoms with Crippen LogP contribution >= 0.6 is 11.6 Å². The molecule has 108 valence electrons. The van der Waals surface area contributed by atoms with Crippen LogP contribution in [0.5, 0.6) is 0 Å². The van der Waals surface area contributed by atoms with E-state index in [1.807, 2.05) is 12.1 Å². The van der Waals surface area contributed by atoms with Crippen LogP contribution in [0.4, 0.5) is 5.69 Å². The standard InChI is InChI=1S/C15H25ClN2O/c1-5-9-17-10-13-14(16)7-6-8-15(13)18(3)12(2)11-19-4/h6-8,12,17H,5,9-11H2,1-4H3. The van der Waals surface area contributed by atoms with Crippen molar-refractivity contribution in [1.82, 2.24) is 5.32 Å². The fourth-order valence-corrected chi connectivity index (χ4v) is 2.27. The van der Waals surface area contributed by atoms with E-state index in [0.29, 0.717) is 12.6 Å². The van der Waals surface area contributed by atoms with Crippen LogP contribution in [-0.4, -0.2) is 33.4 Å². The average Bonchev–Trinajstić information content (AvgIpc) is 2.40. The van der Waals surface area contributed by atoms with Gasteiger partial charge < -0.3 is 15.0 Å². The van der Waals surface area contributed by atoms with Crippen molar-refractivity contribution in [3.8, 4) is 0 Å². The van der Waals surface area contributed by atoms with Gasteiger partial charge in [-0.2, -0.15) is 0 Å². The van der Waals surface area contributed by atoms with Crippen LogP contribution in [0.1, 0.15) is 25.8 Å². The molecule has 1 atom stereocenters. The lowest BCUT2D eigenvalue weighted by Crippen LogP contribution is -2.33. The Hall–Kier alpha value is -0.770. The SMILES string of the molecule is CCCNCc1c(Cl)cccc1N(C)C(C)COC. The van der Waals surface area contributed by atoms with Crippen molar-refractivity contribution in [2.24, 2.45) is 0 Å². The molecule has 0 aromatic heterocycles. The minimum Gasteiger partial charge on any atom is -0.383 e. The molecule has 1 aromatic carbocycles. The Morgan fingerprint density at radius 2 is 2.16 bits per heavy atom. The number of ether oxygens (including phenoxy) is 1. The highest BCUT2D eigenvalue weighted by Crippen LogP contribution is 2.28. The molecule has 0 spiro atoms. The molecule has 1 unspecified atom stereocenters. The summed E-state index contributed by atoms with van der Waals surface area (Å²) in [6, 6.07) is 6.37. The smallest absolute Gasteiger partial charge is 0.0663 e. The molecule has 0 bridgehead atoms. The first-order chi connectivity index (χ1) is 9.11. The van der Waals surface area contributed by atoms with E-state index in [0.717, 1.165) is 30.1 Å². The van der Waals surface area contributed by atoms with Crippen molar-refractivity contribution in [1.29, 1.82) is 0 Å². The molecule has 1 N–H and O–H groups in total. The monoisotopic (exact) mass is 284 g/mol. The van der Waals surface area contributed by atoms with Gasteiger partial charge in [0.15, 0.2) is 0 Å². The third kappa shape index (κ3) is 4.68. The molecule has 0 aliphatic carbocycles. The topological polar surface area (TPSA) is 24.5 Å². The van der Waals surface area contributed by atoms with Crippen LogP contribution in [0.3, 0.4) is 0 Å². The van der Waals surface area contributed by atoms with Crippen molar-refractivity contribution in [3.05, 3.63) is 28.8 Å². The third-order valence-corrected chi connectivity index (χ3v) is 3.63. The quantitative estimate of drug-likeness (QED) is 0.741. The van der Waals surface area contributed by atoms with Crippen molar-refractivity contribution in [3.63, 3.8) is 0 Å². The van der Waals surface area contributed by atoms with E-state index in [4.69, 9.17) is 16.3 Å². The summed E-state index contributed by atoms with van der Waals surface area (Å²) in [4.78, 5) is 2.22. The van der Waals surface area contributed by atoms with Crippen molar-refractivity contribution >= 4 is 17.3 Å². The second kappa shape index (κ2) is 8.41. The molecule has 4 heteroatoms. The summed E-state index contributed by atoms with van der Waals surface area (Å²) in [5.41, 5.74) is 2.32. The first kappa shape index (κ1) is 16.3. The van der Waals surface area contributed by atoms with Gasteiger partial charge in [-0.3, -0.25) is 0 Å². The van der Waals surface area contributed by atoms with Gasteiger partial charge in [-0.1, -0.05) is 24.6 Å². The minimum absolute atomic E-state index is 0.313. The van der Waals surface area contributed by atoms with E-state index >= 15 is 0 Å². The van der Waals surface area contributed by atoms with Crippen molar-refractivity contribution in [2.45, 2.75) is 32.9 Å².